The van der Waals surface area contributed by atoms with Crippen LogP contribution in [0.15, 0.2) is 23.2 Å². The van der Waals surface area contributed by atoms with Gasteiger partial charge in [0, 0.05) is 5.22 Å². The van der Waals surface area contributed by atoms with Crippen molar-refractivity contribution >= 4 is 6.26 Å². The van der Waals surface area contributed by atoms with Gasteiger partial charge in [-0.3, -0.25) is 0 Å². The lowest BCUT2D eigenvalue weighted by molar-refractivity contribution is 0.198. The fraction of sp³-hybridized carbons (Fsp3) is 0.300. The minimum absolute atomic E-state index is 0.0423. The molecule has 0 bridgehead atoms. The highest BCUT2D eigenvalue weighted by Crippen LogP contribution is 1.95. The van der Waals surface area contributed by atoms with E-state index < -0.39 is 0 Å². The van der Waals surface area contributed by atoms with Crippen LogP contribution in [-0.4, -0.2) is 6.23 Å². The van der Waals surface area contributed by atoms with Crippen LogP contribution in [0.1, 0.15) is 12.5 Å². The lowest BCUT2D eigenvalue weighted by Crippen LogP contribution is -2.33. The number of hydrogen-bond donors (Lipinski definition) is 0. The molecule has 2 rings (SSSR count). The summed E-state index contributed by atoms with van der Waals surface area (Å²) >= 11 is 0. The Morgan fingerprint density at radius 1 is 1.42 bits per heavy atom. The van der Waals surface area contributed by atoms with E-state index in [2.05, 4.69) is 18.0 Å². The molecule has 0 radical (unpaired) electrons. The van der Waals surface area contributed by atoms with Gasteiger partial charge < -0.3 is 4.74 Å². The van der Waals surface area contributed by atoms with Crippen molar-refractivity contribution in [2.75, 3.05) is 0 Å². The maximum absolute atomic E-state index is 5.29. The molecule has 12 heavy (non-hydrogen) atoms. The zero-order valence-corrected chi connectivity index (χ0v) is 7.24. The molecule has 0 amide bonds. The smallest absolute Gasteiger partial charge is 0.186 e. The van der Waals surface area contributed by atoms with Crippen LogP contribution in [0.2, 0.25) is 0 Å². The van der Waals surface area contributed by atoms with Crippen LogP contribution in [0.5, 0.6) is 0 Å². The van der Waals surface area contributed by atoms with Crippen molar-refractivity contribution in [2.24, 2.45) is 4.99 Å². The largest absolute Gasteiger partial charge is 0.476 e. The van der Waals surface area contributed by atoms with Gasteiger partial charge in [-0.25, -0.2) is 4.99 Å². The summed E-state index contributed by atoms with van der Waals surface area (Å²) in [5, 5.41) is 2.14. The van der Waals surface area contributed by atoms with Crippen LogP contribution < -0.4 is 10.6 Å². The van der Waals surface area contributed by atoms with E-state index in [0.717, 1.165) is 10.6 Å². The Kier molecular flexibility index (Phi) is 1.61. The van der Waals surface area contributed by atoms with Crippen LogP contribution in [0, 0.1) is 6.92 Å². The van der Waals surface area contributed by atoms with Crippen LogP contribution in [0.25, 0.3) is 6.26 Å². The maximum atomic E-state index is 5.29. The Bertz CT molecular complexity index is 408. The summed E-state index contributed by atoms with van der Waals surface area (Å²) < 4.78 is 5.29. The Morgan fingerprint density at radius 3 is 3.08 bits per heavy atom. The Balaban J connectivity index is 2.78. The van der Waals surface area contributed by atoms with Crippen LogP contribution in [0.4, 0.5) is 0 Å². The molecule has 2 heteroatoms. The lowest BCUT2D eigenvalue weighted by Gasteiger charge is -2.10. The minimum Gasteiger partial charge on any atom is -0.476 e. The molecule has 1 aliphatic heterocycles. The minimum atomic E-state index is -0.0423. The summed E-state index contributed by atoms with van der Waals surface area (Å²) in [7, 11) is 0. The Morgan fingerprint density at radius 2 is 2.25 bits per heavy atom. The third-order valence-electron chi connectivity index (χ3n) is 2.00. The Hall–Kier alpha value is -1.31. The monoisotopic (exact) mass is 161 g/mol. The average Bonchev–Trinajstić information content (AvgIpc) is 2.04. The molecule has 1 unspecified atom stereocenters. The van der Waals surface area contributed by atoms with E-state index in [4.69, 9.17) is 4.74 Å². The normalized spacial score (nSPS) is 20.0. The molecule has 1 atom stereocenters. The molecule has 0 saturated heterocycles. The topological polar surface area (TPSA) is 21.6 Å². The number of benzene rings is 1. The van der Waals surface area contributed by atoms with Gasteiger partial charge in [0.15, 0.2) is 6.23 Å². The first-order valence-electron chi connectivity index (χ1n) is 4.06. The van der Waals surface area contributed by atoms with Gasteiger partial charge in [0.25, 0.3) is 0 Å². The van der Waals surface area contributed by atoms with Crippen molar-refractivity contribution < 1.29 is 4.74 Å². The first-order valence-corrected chi connectivity index (χ1v) is 4.06. The number of nitrogens with zero attached hydrogens (tertiary/aromatic N) is 1. The van der Waals surface area contributed by atoms with E-state index in [1.807, 2.05) is 19.1 Å². The predicted octanol–water partition coefficient (Wildman–Crippen LogP) is 0.729. The first-order chi connectivity index (χ1) is 5.77. The van der Waals surface area contributed by atoms with Gasteiger partial charge in [-0.2, -0.15) is 0 Å². The quantitative estimate of drug-likeness (QED) is 0.549. The molecule has 2 nitrogen and oxygen atoms in total. The van der Waals surface area contributed by atoms with E-state index in [9.17, 15) is 0 Å². The number of aryl methyl sites for hydroxylation is 1. The number of rotatable bonds is 0. The van der Waals surface area contributed by atoms with Gasteiger partial charge in [-0.15, -0.1) is 0 Å². The fourth-order valence-electron chi connectivity index (χ4n) is 1.32. The highest BCUT2D eigenvalue weighted by atomic mass is 16.5. The molecule has 0 aromatic heterocycles. The van der Waals surface area contributed by atoms with Gasteiger partial charge in [0.2, 0.25) is 0 Å². The van der Waals surface area contributed by atoms with Crippen LogP contribution in [0.3, 0.4) is 0 Å². The average molecular weight is 161 g/mol. The van der Waals surface area contributed by atoms with Crippen LogP contribution in [-0.2, 0) is 4.74 Å². The summed E-state index contributed by atoms with van der Waals surface area (Å²) in [5.41, 5.74) is 1.21. The Labute approximate surface area is 71.2 Å². The van der Waals surface area contributed by atoms with Crippen molar-refractivity contribution in [2.45, 2.75) is 20.1 Å². The molecule has 1 aliphatic rings. The second-order valence-electron chi connectivity index (χ2n) is 2.99. The number of fused-ring (bicyclic) bond motifs is 1. The van der Waals surface area contributed by atoms with Crippen molar-refractivity contribution in [3.63, 3.8) is 0 Å². The summed E-state index contributed by atoms with van der Waals surface area (Å²) in [6, 6.07) is 6.09. The molecule has 1 aromatic rings. The standard InChI is InChI=1S/C10H11NO/c1-7-4-3-5-10-9(7)6-12-8(2)11-10/h3-6,8H,1-2H3. The molecular formula is C10H11NO. The summed E-state index contributed by atoms with van der Waals surface area (Å²) in [6.45, 7) is 3.99. The number of hydrogen-bond acceptors (Lipinski definition) is 2. The van der Waals surface area contributed by atoms with Gasteiger partial charge in [-0.1, -0.05) is 12.1 Å². The lowest BCUT2D eigenvalue weighted by atomic mass is 10.2. The second kappa shape index (κ2) is 2.63. The fourth-order valence-corrected chi connectivity index (χ4v) is 1.32. The predicted molar refractivity (Wildman–Crippen MR) is 47.0 cm³/mol. The molecule has 1 aromatic carbocycles. The third kappa shape index (κ3) is 1.09. The molecule has 62 valence electrons. The van der Waals surface area contributed by atoms with E-state index >= 15 is 0 Å². The van der Waals surface area contributed by atoms with Gasteiger partial charge in [0.05, 0.1) is 11.6 Å². The van der Waals surface area contributed by atoms with Gasteiger partial charge in [0.1, 0.15) is 0 Å². The van der Waals surface area contributed by atoms with Gasteiger partial charge >= 0.3 is 0 Å². The highest BCUT2D eigenvalue weighted by Gasteiger charge is 2.02. The zero-order chi connectivity index (χ0) is 8.55. The van der Waals surface area contributed by atoms with E-state index in [-0.39, 0.29) is 6.23 Å². The molecule has 1 heterocycles. The first kappa shape index (κ1) is 7.35. The molecule has 0 spiro atoms. The molecule has 0 fully saturated rings. The maximum Gasteiger partial charge on any atom is 0.186 e. The highest BCUT2D eigenvalue weighted by molar-refractivity contribution is 5.25. The van der Waals surface area contributed by atoms with Crippen LogP contribution >= 0.6 is 0 Å². The van der Waals surface area contributed by atoms with E-state index in [1.54, 1.807) is 6.26 Å². The van der Waals surface area contributed by atoms with Crippen molar-refractivity contribution in [3.05, 3.63) is 34.3 Å². The summed E-state index contributed by atoms with van der Waals surface area (Å²) in [4.78, 5) is 4.35. The molecule has 0 aliphatic carbocycles. The van der Waals surface area contributed by atoms with Crippen molar-refractivity contribution in [3.8, 4) is 0 Å². The molecule has 0 saturated carbocycles. The molecular weight excluding hydrogens is 150 g/mol. The SMILES string of the molecule is Cc1cccc2c1=COC(C)N=2. The van der Waals surface area contributed by atoms with Gasteiger partial charge in [-0.05, 0) is 25.5 Å². The zero-order valence-electron chi connectivity index (χ0n) is 7.24. The second-order valence-corrected chi connectivity index (χ2v) is 2.99. The van der Waals surface area contributed by atoms with E-state index in [1.165, 1.54) is 5.56 Å². The summed E-state index contributed by atoms with van der Waals surface area (Å²) in [6.07, 6.45) is 1.75. The van der Waals surface area contributed by atoms with E-state index in [0.29, 0.717) is 0 Å². The van der Waals surface area contributed by atoms with Crippen molar-refractivity contribution in [1.82, 2.24) is 0 Å². The molecule has 0 N–H and O–H groups in total. The third-order valence-corrected chi connectivity index (χ3v) is 2.00. The number of ether oxygens (including phenoxy) is 1. The summed E-state index contributed by atoms with van der Waals surface area (Å²) in [5.74, 6) is 0. The van der Waals surface area contributed by atoms with Crippen molar-refractivity contribution in [1.29, 1.82) is 0 Å².